The zero-order chi connectivity index (χ0) is 21.8. The summed E-state index contributed by atoms with van der Waals surface area (Å²) < 4.78 is 20.7. The van der Waals surface area contributed by atoms with Gasteiger partial charge < -0.3 is 15.4 Å². The number of halogens is 2. The number of hydrogen-bond donors (Lipinski definition) is 1. The first-order valence-electron chi connectivity index (χ1n) is 10.2. The van der Waals surface area contributed by atoms with Crippen molar-refractivity contribution in [1.29, 1.82) is 0 Å². The third-order valence-corrected chi connectivity index (χ3v) is 5.41. The maximum atomic E-state index is 13.8. The SMILES string of the molecule is COc1cc(F)cc(N2CCN(C/C=C/c3cnn(-c4ccnc(N)n4)c3C)CC2)c1.Cl. The van der Waals surface area contributed by atoms with E-state index in [9.17, 15) is 4.39 Å². The minimum absolute atomic E-state index is 0. The molecule has 1 fully saturated rings. The number of nitrogens with two attached hydrogens (primary N) is 1. The number of benzene rings is 1. The predicted octanol–water partition coefficient (Wildman–Crippen LogP) is 2.96. The van der Waals surface area contributed by atoms with Crippen LogP contribution >= 0.6 is 12.4 Å². The Morgan fingerprint density at radius 3 is 2.69 bits per heavy atom. The molecule has 0 aliphatic carbocycles. The number of nitrogen functional groups attached to an aromatic ring is 1. The number of nitrogens with zero attached hydrogens (tertiary/aromatic N) is 6. The zero-order valence-electron chi connectivity index (χ0n) is 18.1. The van der Waals surface area contributed by atoms with E-state index in [2.05, 4.69) is 37.0 Å². The first-order chi connectivity index (χ1) is 15.0. The molecule has 1 aliphatic heterocycles. The molecule has 1 saturated heterocycles. The van der Waals surface area contributed by atoms with E-state index in [1.165, 1.54) is 6.07 Å². The second-order valence-electron chi connectivity index (χ2n) is 7.41. The molecule has 0 saturated carbocycles. The van der Waals surface area contributed by atoms with Crippen molar-refractivity contribution in [2.75, 3.05) is 50.5 Å². The van der Waals surface area contributed by atoms with Crippen LogP contribution < -0.4 is 15.4 Å². The molecule has 3 aromatic rings. The summed E-state index contributed by atoms with van der Waals surface area (Å²) in [4.78, 5) is 12.7. The number of anilines is 2. The molecular weight excluding hydrogens is 433 g/mol. The largest absolute Gasteiger partial charge is 0.497 e. The molecule has 0 radical (unpaired) electrons. The van der Waals surface area contributed by atoms with Crippen molar-refractivity contribution in [2.45, 2.75) is 6.92 Å². The van der Waals surface area contributed by atoms with Crippen LogP contribution in [0.25, 0.3) is 11.9 Å². The highest BCUT2D eigenvalue weighted by atomic mass is 35.5. The molecule has 2 N–H and O–H groups in total. The molecular formula is C22H27ClFN7O. The zero-order valence-corrected chi connectivity index (χ0v) is 18.9. The summed E-state index contributed by atoms with van der Waals surface area (Å²) >= 11 is 0. The van der Waals surface area contributed by atoms with E-state index in [1.54, 1.807) is 30.1 Å². The van der Waals surface area contributed by atoms with E-state index in [0.29, 0.717) is 11.6 Å². The van der Waals surface area contributed by atoms with Gasteiger partial charge in [-0.15, -0.1) is 12.4 Å². The molecule has 0 bridgehead atoms. The lowest BCUT2D eigenvalue weighted by molar-refractivity contribution is 0.284. The summed E-state index contributed by atoms with van der Waals surface area (Å²) in [5.41, 5.74) is 8.55. The minimum atomic E-state index is -0.278. The lowest BCUT2D eigenvalue weighted by Crippen LogP contribution is -2.46. The van der Waals surface area contributed by atoms with Crippen molar-refractivity contribution in [3.8, 4) is 11.6 Å². The first kappa shape index (κ1) is 23.5. The molecule has 3 heterocycles. The van der Waals surface area contributed by atoms with Crippen LogP contribution in [0.5, 0.6) is 5.75 Å². The van der Waals surface area contributed by atoms with Gasteiger partial charge in [-0.25, -0.2) is 14.1 Å². The van der Waals surface area contributed by atoms with Gasteiger partial charge in [-0.05, 0) is 13.0 Å². The van der Waals surface area contributed by atoms with Crippen molar-refractivity contribution in [3.63, 3.8) is 0 Å². The molecule has 10 heteroatoms. The maximum absolute atomic E-state index is 13.8. The van der Waals surface area contributed by atoms with Crippen molar-refractivity contribution < 1.29 is 9.13 Å². The maximum Gasteiger partial charge on any atom is 0.221 e. The van der Waals surface area contributed by atoms with Crippen LogP contribution in [-0.4, -0.2) is 64.5 Å². The van der Waals surface area contributed by atoms with Gasteiger partial charge in [0.1, 0.15) is 11.6 Å². The molecule has 1 aliphatic rings. The summed E-state index contributed by atoms with van der Waals surface area (Å²) in [7, 11) is 1.55. The molecule has 0 amide bonds. The third-order valence-electron chi connectivity index (χ3n) is 5.41. The van der Waals surface area contributed by atoms with Crippen molar-refractivity contribution >= 4 is 30.1 Å². The Morgan fingerprint density at radius 2 is 1.97 bits per heavy atom. The fourth-order valence-electron chi connectivity index (χ4n) is 3.66. The molecule has 0 atom stereocenters. The highest BCUT2D eigenvalue weighted by Gasteiger charge is 2.17. The quantitative estimate of drug-likeness (QED) is 0.606. The van der Waals surface area contributed by atoms with Gasteiger partial charge in [0, 0.05) is 68.4 Å². The Morgan fingerprint density at radius 1 is 1.19 bits per heavy atom. The number of ether oxygens (including phenoxy) is 1. The number of rotatable bonds is 6. The van der Waals surface area contributed by atoms with Crippen LogP contribution in [0.1, 0.15) is 11.3 Å². The van der Waals surface area contributed by atoms with Crippen LogP contribution in [0.15, 0.2) is 42.7 Å². The Balaban J connectivity index is 0.00000289. The predicted molar refractivity (Wildman–Crippen MR) is 126 cm³/mol. The Hall–Kier alpha value is -3.17. The normalized spacial score (nSPS) is 14.5. The van der Waals surface area contributed by atoms with Crippen molar-refractivity contribution in [1.82, 2.24) is 24.6 Å². The topological polar surface area (TPSA) is 85.3 Å². The van der Waals surface area contributed by atoms with Gasteiger partial charge in [-0.2, -0.15) is 10.1 Å². The lowest BCUT2D eigenvalue weighted by Gasteiger charge is -2.35. The van der Waals surface area contributed by atoms with E-state index < -0.39 is 0 Å². The van der Waals surface area contributed by atoms with E-state index in [0.717, 1.165) is 49.7 Å². The van der Waals surface area contributed by atoms with Crippen LogP contribution in [0.4, 0.5) is 16.0 Å². The smallest absolute Gasteiger partial charge is 0.221 e. The van der Waals surface area contributed by atoms with E-state index in [-0.39, 0.29) is 24.2 Å². The second kappa shape index (κ2) is 10.4. The highest BCUT2D eigenvalue weighted by Crippen LogP contribution is 2.24. The molecule has 2 aromatic heterocycles. The average molecular weight is 460 g/mol. The summed E-state index contributed by atoms with van der Waals surface area (Å²) in [6, 6.07) is 6.61. The molecule has 32 heavy (non-hydrogen) atoms. The Bertz CT molecular complexity index is 1080. The Labute approximate surface area is 192 Å². The van der Waals surface area contributed by atoms with E-state index in [1.807, 2.05) is 19.2 Å². The fourth-order valence-corrected chi connectivity index (χ4v) is 3.66. The van der Waals surface area contributed by atoms with Gasteiger partial charge in [-0.3, -0.25) is 4.90 Å². The van der Waals surface area contributed by atoms with Gasteiger partial charge in [-0.1, -0.05) is 12.2 Å². The Kier molecular flexibility index (Phi) is 7.66. The number of methoxy groups -OCH3 is 1. The van der Waals surface area contributed by atoms with Gasteiger partial charge in [0.2, 0.25) is 5.95 Å². The van der Waals surface area contributed by atoms with Gasteiger partial charge in [0.15, 0.2) is 5.82 Å². The molecule has 0 spiro atoms. The first-order valence-corrected chi connectivity index (χ1v) is 10.2. The summed E-state index contributed by atoms with van der Waals surface area (Å²) in [5.74, 6) is 1.14. The third kappa shape index (κ3) is 5.35. The number of aromatic nitrogens is 4. The molecule has 1 aromatic carbocycles. The van der Waals surface area contributed by atoms with Crippen molar-refractivity contribution in [2.24, 2.45) is 0 Å². The standard InChI is InChI=1S/C22H26FN7O.ClH/c1-16-17(15-26-30(16)21-5-6-25-22(24)27-21)4-3-7-28-8-10-29(11-9-28)19-12-18(23)13-20(14-19)31-2;/h3-6,12-15H,7-11H2,1-2H3,(H2,24,25,27);1H/b4-3+;. The summed E-state index contributed by atoms with van der Waals surface area (Å²) in [6.07, 6.45) is 7.66. The monoisotopic (exact) mass is 459 g/mol. The van der Waals surface area contributed by atoms with E-state index in [4.69, 9.17) is 10.5 Å². The summed E-state index contributed by atoms with van der Waals surface area (Å²) in [5, 5.41) is 4.42. The number of piperazine rings is 1. The fraction of sp³-hybridized carbons (Fsp3) is 0.318. The molecule has 4 rings (SSSR count). The van der Waals surface area contributed by atoms with Gasteiger partial charge >= 0.3 is 0 Å². The average Bonchev–Trinajstić information content (AvgIpc) is 3.14. The minimum Gasteiger partial charge on any atom is -0.497 e. The number of hydrogen-bond acceptors (Lipinski definition) is 7. The highest BCUT2D eigenvalue weighted by molar-refractivity contribution is 5.85. The van der Waals surface area contributed by atoms with E-state index >= 15 is 0 Å². The molecule has 0 unspecified atom stereocenters. The lowest BCUT2D eigenvalue weighted by atomic mass is 10.2. The van der Waals surface area contributed by atoms with Crippen LogP contribution in [0, 0.1) is 12.7 Å². The molecule has 8 nitrogen and oxygen atoms in total. The van der Waals surface area contributed by atoms with Gasteiger partial charge in [0.05, 0.1) is 19.0 Å². The second-order valence-corrected chi connectivity index (χ2v) is 7.41. The van der Waals surface area contributed by atoms with Crippen LogP contribution in [0.3, 0.4) is 0 Å². The van der Waals surface area contributed by atoms with Crippen molar-refractivity contribution in [3.05, 3.63) is 59.8 Å². The summed E-state index contributed by atoms with van der Waals surface area (Å²) in [6.45, 7) is 6.32. The van der Waals surface area contributed by atoms with Gasteiger partial charge in [0.25, 0.3) is 0 Å². The van der Waals surface area contributed by atoms with Crippen LogP contribution in [0.2, 0.25) is 0 Å². The molecule has 170 valence electrons. The van der Waals surface area contributed by atoms with Crippen LogP contribution in [-0.2, 0) is 0 Å².